The number of carbonyl (C=O) groups excluding carboxylic acids is 1. The van der Waals surface area contributed by atoms with Gasteiger partial charge in [0.1, 0.15) is 17.4 Å². The van der Waals surface area contributed by atoms with Crippen LogP contribution in [0.3, 0.4) is 0 Å². The van der Waals surface area contributed by atoms with Crippen LogP contribution in [0.5, 0.6) is 17.2 Å². The number of fused-ring (bicyclic) bond motifs is 1. The Labute approximate surface area is 145 Å². The zero-order valence-electron chi connectivity index (χ0n) is 13.6. The molecule has 3 rings (SSSR count). The van der Waals surface area contributed by atoms with Gasteiger partial charge in [0.05, 0.1) is 6.61 Å². The van der Waals surface area contributed by atoms with Crippen molar-refractivity contribution >= 4 is 17.7 Å². The molecular weight excluding hydrogens is 320 g/mol. The largest absolute Gasteiger partial charge is 0.493 e. The number of carbonyl (C=O) groups is 1. The Kier molecular flexibility index (Phi) is 4.86. The second-order valence-electron chi connectivity index (χ2n) is 5.17. The predicted molar refractivity (Wildman–Crippen MR) is 92.4 cm³/mol. The summed E-state index contributed by atoms with van der Waals surface area (Å²) in [6.45, 7) is 2.43. The molecule has 2 aromatic carbocycles. The van der Waals surface area contributed by atoms with Gasteiger partial charge in [0.15, 0.2) is 11.5 Å². The molecule has 0 aliphatic carbocycles. The summed E-state index contributed by atoms with van der Waals surface area (Å²) in [6, 6.07) is 14.3. The third kappa shape index (κ3) is 3.72. The molecule has 126 valence electrons. The third-order valence-corrected chi connectivity index (χ3v) is 3.50. The van der Waals surface area contributed by atoms with Crippen LogP contribution in [-0.4, -0.2) is 19.3 Å². The Balaban J connectivity index is 1.91. The number of amides is 1. The molecule has 1 amide bonds. The summed E-state index contributed by atoms with van der Waals surface area (Å²) in [4.78, 5) is 12.4. The van der Waals surface area contributed by atoms with Crippen LogP contribution in [0.25, 0.3) is 6.08 Å². The molecule has 0 saturated carbocycles. The molecule has 6 nitrogen and oxygen atoms in total. The Morgan fingerprint density at radius 1 is 1.28 bits per heavy atom. The van der Waals surface area contributed by atoms with E-state index in [0.29, 0.717) is 35.1 Å². The van der Waals surface area contributed by atoms with Crippen molar-refractivity contribution in [3.8, 4) is 23.3 Å². The van der Waals surface area contributed by atoms with Crippen LogP contribution < -0.4 is 19.5 Å². The molecule has 1 aliphatic rings. The zero-order chi connectivity index (χ0) is 17.6. The fourth-order valence-corrected chi connectivity index (χ4v) is 2.36. The van der Waals surface area contributed by atoms with E-state index >= 15 is 0 Å². The summed E-state index contributed by atoms with van der Waals surface area (Å²) in [6.07, 6.45) is 1.48. The third-order valence-electron chi connectivity index (χ3n) is 3.50. The van der Waals surface area contributed by atoms with Crippen molar-refractivity contribution in [3.05, 3.63) is 53.6 Å². The van der Waals surface area contributed by atoms with Gasteiger partial charge in [-0.1, -0.05) is 18.2 Å². The molecule has 1 heterocycles. The van der Waals surface area contributed by atoms with E-state index in [-0.39, 0.29) is 12.4 Å². The molecule has 25 heavy (non-hydrogen) atoms. The lowest BCUT2D eigenvalue weighted by Crippen LogP contribution is -2.13. The van der Waals surface area contributed by atoms with Gasteiger partial charge in [-0.15, -0.1) is 0 Å². The van der Waals surface area contributed by atoms with Gasteiger partial charge in [0.25, 0.3) is 5.91 Å². The zero-order valence-corrected chi connectivity index (χ0v) is 13.6. The average molecular weight is 336 g/mol. The summed E-state index contributed by atoms with van der Waals surface area (Å²) < 4.78 is 16.3. The normalized spacial score (nSPS) is 12.4. The number of nitriles is 1. The van der Waals surface area contributed by atoms with Crippen molar-refractivity contribution in [2.45, 2.75) is 6.92 Å². The molecule has 6 heteroatoms. The van der Waals surface area contributed by atoms with E-state index in [4.69, 9.17) is 14.2 Å². The van der Waals surface area contributed by atoms with Gasteiger partial charge in [-0.25, -0.2) is 0 Å². The molecule has 0 saturated heterocycles. The molecule has 0 atom stereocenters. The number of hydrogen-bond donors (Lipinski definition) is 1. The Bertz CT molecular complexity index is 854. The summed E-state index contributed by atoms with van der Waals surface area (Å²) in [7, 11) is 0. The highest BCUT2D eigenvalue weighted by Crippen LogP contribution is 2.39. The number of para-hydroxylation sites is 1. The van der Waals surface area contributed by atoms with E-state index in [2.05, 4.69) is 5.32 Å². The highest BCUT2D eigenvalue weighted by atomic mass is 16.7. The summed E-state index contributed by atoms with van der Waals surface area (Å²) in [5.41, 5.74) is 1.15. The number of nitrogens with zero attached hydrogens (tertiary/aromatic N) is 1. The van der Waals surface area contributed by atoms with Gasteiger partial charge in [-0.05, 0) is 31.2 Å². The average Bonchev–Trinajstić information content (AvgIpc) is 3.07. The van der Waals surface area contributed by atoms with Crippen molar-refractivity contribution in [2.75, 3.05) is 18.7 Å². The maximum atomic E-state index is 12.4. The molecular formula is C19H16N2O4. The van der Waals surface area contributed by atoms with Crippen LogP contribution in [0.4, 0.5) is 5.69 Å². The molecule has 0 radical (unpaired) electrons. The first kappa shape index (κ1) is 16.4. The van der Waals surface area contributed by atoms with Crippen LogP contribution in [0, 0.1) is 11.3 Å². The lowest BCUT2D eigenvalue weighted by molar-refractivity contribution is -0.112. The second kappa shape index (κ2) is 7.41. The molecule has 0 unspecified atom stereocenters. The molecule has 1 aliphatic heterocycles. The second-order valence-corrected chi connectivity index (χ2v) is 5.17. The summed E-state index contributed by atoms with van der Waals surface area (Å²) in [5.74, 6) is 1.16. The molecule has 2 aromatic rings. The smallest absolute Gasteiger partial charge is 0.266 e. The van der Waals surface area contributed by atoms with Gasteiger partial charge in [-0.2, -0.15) is 5.26 Å². The van der Waals surface area contributed by atoms with Gasteiger partial charge in [-0.3, -0.25) is 4.79 Å². The van der Waals surface area contributed by atoms with Gasteiger partial charge >= 0.3 is 0 Å². The fraction of sp³-hybridized carbons (Fsp3) is 0.158. The van der Waals surface area contributed by atoms with E-state index < -0.39 is 5.91 Å². The van der Waals surface area contributed by atoms with Gasteiger partial charge in [0.2, 0.25) is 6.79 Å². The van der Waals surface area contributed by atoms with Crippen LogP contribution in [0.1, 0.15) is 12.5 Å². The predicted octanol–water partition coefficient (Wildman–Crippen LogP) is 3.36. The molecule has 0 aromatic heterocycles. The lowest BCUT2D eigenvalue weighted by Gasteiger charge is -2.09. The van der Waals surface area contributed by atoms with Gasteiger partial charge in [0, 0.05) is 17.3 Å². The van der Waals surface area contributed by atoms with Crippen LogP contribution in [0.2, 0.25) is 0 Å². The first-order valence-corrected chi connectivity index (χ1v) is 7.76. The topological polar surface area (TPSA) is 80.6 Å². The van der Waals surface area contributed by atoms with E-state index in [1.165, 1.54) is 6.08 Å². The van der Waals surface area contributed by atoms with Crippen LogP contribution in [-0.2, 0) is 4.79 Å². The highest BCUT2D eigenvalue weighted by molar-refractivity contribution is 6.09. The number of benzene rings is 2. The monoisotopic (exact) mass is 336 g/mol. The maximum Gasteiger partial charge on any atom is 0.266 e. The molecule has 0 bridgehead atoms. The first-order valence-electron chi connectivity index (χ1n) is 7.76. The SMILES string of the molecule is CCOc1cc2c(cc1/C=C(\C#N)C(=O)Nc1ccccc1)OCO2. The Morgan fingerprint density at radius 2 is 2.00 bits per heavy atom. The van der Waals surface area contributed by atoms with Crippen molar-refractivity contribution in [1.82, 2.24) is 0 Å². The van der Waals surface area contributed by atoms with E-state index in [0.717, 1.165) is 0 Å². The van der Waals surface area contributed by atoms with E-state index in [1.807, 2.05) is 19.1 Å². The quantitative estimate of drug-likeness (QED) is 0.669. The molecule has 0 fully saturated rings. The maximum absolute atomic E-state index is 12.4. The standard InChI is InChI=1S/C19H16N2O4/c1-2-23-16-10-18-17(24-12-25-18)9-13(16)8-14(11-20)19(22)21-15-6-4-3-5-7-15/h3-10H,2,12H2,1H3,(H,21,22)/b14-8+. The number of ether oxygens (including phenoxy) is 3. The van der Waals surface area contributed by atoms with E-state index in [9.17, 15) is 10.1 Å². The van der Waals surface area contributed by atoms with Gasteiger partial charge < -0.3 is 19.5 Å². The Morgan fingerprint density at radius 3 is 2.68 bits per heavy atom. The lowest BCUT2D eigenvalue weighted by atomic mass is 10.1. The summed E-state index contributed by atoms with van der Waals surface area (Å²) in [5, 5.41) is 12.1. The number of hydrogen-bond acceptors (Lipinski definition) is 5. The van der Waals surface area contributed by atoms with Crippen molar-refractivity contribution in [2.24, 2.45) is 0 Å². The first-order chi connectivity index (χ1) is 12.2. The van der Waals surface area contributed by atoms with Crippen LogP contribution >= 0.6 is 0 Å². The van der Waals surface area contributed by atoms with Crippen LogP contribution in [0.15, 0.2) is 48.0 Å². The minimum Gasteiger partial charge on any atom is -0.493 e. The minimum atomic E-state index is -0.492. The minimum absolute atomic E-state index is 0.0383. The Hall–Kier alpha value is -3.46. The summed E-state index contributed by atoms with van der Waals surface area (Å²) >= 11 is 0. The van der Waals surface area contributed by atoms with Crippen molar-refractivity contribution in [1.29, 1.82) is 5.26 Å². The fourth-order valence-electron chi connectivity index (χ4n) is 2.36. The number of anilines is 1. The molecule has 0 spiro atoms. The molecule has 1 N–H and O–H groups in total. The number of nitrogens with one attached hydrogen (secondary N) is 1. The highest BCUT2D eigenvalue weighted by Gasteiger charge is 2.19. The van der Waals surface area contributed by atoms with Crippen molar-refractivity contribution < 1.29 is 19.0 Å². The van der Waals surface area contributed by atoms with E-state index in [1.54, 1.807) is 36.4 Å². The van der Waals surface area contributed by atoms with Crippen molar-refractivity contribution in [3.63, 3.8) is 0 Å². The number of rotatable bonds is 5.